The molecule has 3 rings (SSSR count). The van der Waals surface area contributed by atoms with E-state index in [1.807, 2.05) is 31.1 Å². The van der Waals surface area contributed by atoms with Gasteiger partial charge in [-0.1, -0.05) is 54.6 Å². The standard InChI is InChI=1S/C23H21N3O3/c1-26(2)18-12-8-11-17(15-18)22(28)24-25-23(29)20-14-7-6-13-19(20)21(27)16-9-4-3-5-10-16/h3-15H,1-2H3,(H,24,28)(H,25,29). The van der Waals surface area contributed by atoms with Crippen molar-refractivity contribution in [3.8, 4) is 0 Å². The van der Waals surface area contributed by atoms with Gasteiger partial charge in [0.1, 0.15) is 0 Å². The predicted octanol–water partition coefficient (Wildman–Crippen LogP) is 3.06. The molecule has 6 nitrogen and oxygen atoms in total. The van der Waals surface area contributed by atoms with Gasteiger partial charge in [0.05, 0.1) is 5.56 Å². The molecule has 0 unspecified atom stereocenters. The third-order valence-corrected chi connectivity index (χ3v) is 4.37. The highest BCUT2D eigenvalue weighted by molar-refractivity contribution is 6.15. The van der Waals surface area contributed by atoms with Crippen LogP contribution in [0.25, 0.3) is 0 Å². The molecular weight excluding hydrogens is 366 g/mol. The van der Waals surface area contributed by atoms with Crippen molar-refractivity contribution in [2.24, 2.45) is 0 Å². The molecule has 0 aliphatic rings. The van der Waals surface area contributed by atoms with Gasteiger partial charge >= 0.3 is 0 Å². The first-order valence-electron chi connectivity index (χ1n) is 9.04. The molecular formula is C23H21N3O3. The smallest absolute Gasteiger partial charge is 0.270 e. The summed E-state index contributed by atoms with van der Waals surface area (Å²) >= 11 is 0. The van der Waals surface area contributed by atoms with E-state index in [2.05, 4.69) is 10.9 Å². The molecule has 6 heteroatoms. The number of hydrazine groups is 1. The van der Waals surface area contributed by atoms with Crippen LogP contribution in [0, 0.1) is 0 Å². The van der Waals surface area contributed by atoms with E-state index in [1.54, 1.807) is 66.7 Å². The average molecular weight is 387 g/mol. The van der Waals surface area contributed by atoms with E-state index in [-0.39, 0.29) is 16.9 Å². The molecule has 0 atom stereocenters. The summed E-state index contributed by atoms with van der Waals surface area (Å²) < 4.78 is 0. The van der Waals surface area contributed by atoms with Crippen molar-refractivity contribution >= 4 is 23.3 Å². The molecule has 0 heterocycles. The molecule has 0 bridgehead atoms. The largest absolute Gasteiger partial charge is 0.378 e. The minimum atomic E-state index is -0.568. The maximum Gasteiger partial charge on any atom is 0.270 e. The Morgan fingerprint density at radius 3 is 1.93 bits per heavy atom. The first-order chi connectivity index (χ1) is 14.0. The van der Waals surface area contributed by atoms with Gasteiger partial charge in [0.15, 0.2) is 5.78 Å². The van der Waals surface area contributed by atoms with Crippen molar-refractivity contribution in [2.75, 3.05) is 19.0 Å². The Bertz CT molecular complexity index is 1050. The van der Waals surface area contributed by atoms with Crippen LogP contribution in [0.2, 0.25) is 0 Å². The zero-order valence-electron chi connectivity index (χ0n) is 16.2. The number of anilines is 1. The van der Waals surface area contributed by atoms with Crippen LogP contribution in [0.15, 0.2) is 78.9 Å². The van der Waals surface area contributed by atoms with Crippen molar-refractivity contribution in [1.29, 1.82) is 0 Å². The van der Waals surface area contributed by atoms with Gasteiger partial charge in [-0.25, -0.2) is 0 Å². The van der Waals surface area contributed by atoms with Crippen molar-refractivity contribution in [2.45, 2.75) is 0 Å². The zero-order valence-corrected chi connectivity index (χ0v) is 16.2. The van der Waals surface area contributed by atoms with Crippen LogP contribution in [0.4, 0.5) is 5.69 Å². The molecule has 0 saturated heterocycles. The molecule has 0 saturated carbocycles. The number of nitrogens with zero attached hydrogens (tertiary/aromatic N) is 1. The van der Waals surface area contributed by atoms with Crippen LogP contribution in [0.3, 0.4) is 0 Å². The Labute approximate surface area is 169 Å². The van der Waals surface area contributed by atoms with Gasteiger partial charge < -0.3 is 4.90 Å². The van der Waals surface area contributed by atoms with Crippen LogP contribution < -0.4 is 15.8 Å². The lowest BCUT2D eigenvalue weighted by atomic mass is 9.98. The number of carbonyl (C=O) groups is 3. The molecule has 2 N–H and O–H groups in total. The van der Waals surface area contributed by atoms with Crippen LogP contribution >= 0.6 is 0 Å². The van der Waals surface area contributed by atoms with E-state index in [4.69, 9.17) is 0 Å². The van der Waals surface area contributed by atoms with E-state index in [0.717, 1.165) is 5.69 Å². The molecule has 3 aromatic carbocycles. The number of hydrogen-bond donors (Lipinski definition) is 2. The summed E-state index contributed by atoms with van der Waals surface area (Å²) in [4.78, 5) is 39.6. The lowest BCUT2D eigenvalue weighted by molar-refractivity contribution is 0.0845. The van der Waals surface area contributed by atoms with E-state index >= 15 is 0 Å². The van der Waals surface area contributed by atoms with Crippen molar-refractivity contribution in [3.05, 3.63) is 101 Å². The quantitative estimate of drug-likeness (QED) is 0.521. The molecule has 0 spiro atoms. The number of carbonyl (C=O) groups excluding carboxylic acids is 3. The van der Waals surface area contributed by atoms with Crippen LogP contribution in [-0.2, 0) is 0 Å². The van der Waals surface area contributed by atoms with Crippen LogP contribution in [0.1, 0.15) is 36.6 Å². The first kappa shape index (κ1) is 19.8. The molecule has 0 aliphatic heterocycles. The van der Waals surface area contributed by atoms with Gasteiger partial charge in [0, 0.05) is 36.5 Å². The highest BCUT2D eigenvalue weighted by Gasteiger charge is 2.18. The number of ketones is 1. The molecule has 2 amide bonds. The lowest BCUT2D eigenvalue weighted by Crippen LogP contribution is -2.42. The highest BCUT2D eigenvalue weighted by Crippen LogP contribution is 2.15. The minimum Gasteiger partial charge on any atom is -0.378 e. The van der Waals surface area contributed by atoms with E-state index in [1.165, 1.54) is 0 Å². The summed E-state index contributed by atoms with van der Waals surface area (Å²) in [5, 5.41) is 0. The second-order valence-corrected chi connectivity index (χ2v) is 6.59. The van der Waals surface area contributed by atoms with Crippen LogP contribution in [0.5, 0.6) is 0 Å². The SMILES string of the molecule is CN(C)c1cccc(C(=O)NNC(=O)c2ccccc2C(=O)c2ccccc2)c1. The second kappa shape index (κ2) is 8.84. The van der Waals surface area contributed by atoms with Crippen molar-refractivity contribution in [1.82, 2.24) is 10.9 Å². The summed E-state index contributed by atoms with van der Waals surface area (Å²) in [6.07, 6.45) is 0. The van der Waals surface area contributed by atoms with E-state index < -0.39 is 11.8 Å². The van der Waals surface area contributed by atoms with E-state index in [9.17, 15) is 14.4 Å². The summed E-state index contributed by atoms with van der Waals surface area (Å²) in [6.45, 7) is 0. The maximum atomic E-state index is 12.8. The fourth-order valence-corrected chi connectivity index (χ4v) is 2.80. The van der Waals surface area contributed by atoms with Gasteiger partial charge in [-0.3, -0.25) is 25.2 Å². The Morgan fingerprint density at radius 1 is 0.655 bits per heavy atom. The Morgan fingerprint density at radius 2 is 1.24 bits per heavy atom. The fraction of sp³-hybridized carbons (Fsp3) is 0.0870. The number of amides is 2. The zero-order chi connectivity index (χ0) is 20.8. The Hall–Kier alpha value is -3.93. The average Bonchev–Trinajstić information content (AvgIpc) is 2.77. The molecule has 29 heavy (non-hydrogen) atoms. The number of nitrogens with one attached hydrogen (secondary N) is 2. The normalized spacial score (nSPS) is 10.1. The topological polar surface area (TPSA) is 78.5 Å². The van der Waals surface area contributed by atoms with Crippen molar-refractivity contribution < 1.29 is 14.4 Å². The Balaban J connectivity index is 1.74. The fourth-order valence-electron chi connectivity index (χ4n) is 2.80. The minimum absolute atomic E-state index is 0.184. The lowest BCUT2D eigenvalue weighted by Gasteiger charge is -2.14. The molecule has 0 aliphatic carbocycles. The second-order valence-electron chi connectivity index (χ2n) is 6.59. The highest BCUT2D eigenvalue weighted by atomic mass is 16.2. The number of hydrogen-bond acceptors (Lipinski definition) is 4. The summed E-state index contributed by atoms with van der Waals surface area (Å²) in [5.41, 5.74) is 6.99. The predicted molar refractivity (Wildman–Crippen MR) is 112 cm³/mol. The summed E-state index contributed by atoms with van der Waals surface area (Å²) in [6, 6.07) is 22.2. The Kier molecular flexibility index (Phi) is 6.04. The number of rotatable bonds is 5. The maximum absolute atomic E-state index is 12.8. The van der Waals surface area contributed by atoms with E-state index in [0.29, 0.717) is 11.1 Å². The van der Waals surface area contributed by atoms with Gasteiger partial charge in [-0.2, -0.15) is 0 Å². The number of benzene rings is 3. The molecule has 0 radical (unpaired) electrons. The third-order valence-electron chi connectivity index (χ3n) is 4.37. The van der Waals surface area contributed by atoms with Gasteiger partial charge in [0.25, 0.3) is 11.8 Å². The molecule has 0 aromatic heterocycles. The molecule has 0 fully saturated rings. The summed E-state index contributed by atoms with van der Waals surface area (Å²) in [5.74, 6) is -1.28. The molecule has 146 valence electrons. The summed E-state index contributed by atoms with van der Waals surface area (Å²) in [7, 11) is 3.75. The first-order valence-corrected chi connectivity index (χ1v) is 9.04. The third kappa shape index (κ3) is 4.68. The monoisotopic (exact) mass is 387 g/mol. The van der Waals surface area contributed by atoms with Crippen LogP contribution in [-0.4, -0.2) is 31.7 Å². The molecule has 3 aromatic rings. The van der Waals surface area contributed by atoms with Crippen molar-refractivity contribution in [3.63, 3.8) is 0 Å². The van der Waals surface area contributed by atoms with Gasteiger partial charge in [-0.05, 0) is 24.3 Å². The van der Waals surface area contributed by atoms with Gasteiger partial charge in [-0.15, -0.1) is 0 Å². The van der Waals surface area contributed by atoms with Gasteiger partial charge in [0.2, 0.25) is 0 Å².